The standard InChI is InChI=1S/C18H21NO3.C18H25NO.C8H9NO2/c1-19-8-7-18-11-4-5-13(20)17(18)22-16-14(21-2)6-3-10(15(16)18)9-12(11)19;1-19-10-9-18-8-4-3-5-15(18)17(19)11-13-6-7-14(20-2)12-16(13)18;1-6(10)9-7-2-4-8(11)5-3-7/h3,6,11-12,17H,4-5,7-9H2,1-2H3;6-7,12,15,17H,3-5,8-11H2,1-2H3;2-5,11H,1H3,(H,9,10)/t11-,12+,17-,18-;15-,17-,18-;/m01./s1. The Bertz CT molecular complexity index is 1880. The Kier molecular flexibility index (Phi) is 9.46. The Morgan fingerprint density at radius 3 is 2.32 bits per heavy atom. The van der Waals surface area contributed by atoms with E-state index in [4.69, 9.17) is 19.3 Å². The van der Waals surface area contributed by atoms with Gasteiger partial charge in [0.1, 0.15) is 11.5 Å². The van der Waals surface area contributed by atoms with Gasteiger partial charge in [0.05, 0.1) is 14.2 Å². The van der Waals surface area contributed by atoms with Gasteiger partial charge in [0.25, 0.3) is 0 Å². The molecule has 0 radical (unpaired) electrons. The van der Waals surface area contributed by atoms with Crippen molar-refractivity contribution < 1.29 is 28.9 Å². The predicted octanol–water partition coefficient (Wildman–Crippen LogP) is 6.67. The Morgan fingerprint density at radius 1 is 0.868 bits per heavy atom. The lowest BCUT2D eigenvalue weighted by molar-refractivity contribution is -0.138. The van der Waals surface area contributed by atoms with Gasteiger partial charge in [-0.15, -0.1) is 0 Å². The summed E-state index contributed by atoms with van der Waals surface area (Å²) in [5, 5.41) is 11.5. The number of rotatable bonds is 3. The molecule has 3 heterocycles. The van der Waals surface area contributed by atoms with Crippen molar-refractivity contribution in [1.82, 2.24) is 9.80 Å². The van der Waals surface area contributed by atoms with Crippen LogP contribution in [0.5, 0.6) is 23.0 Å². The fourth-order valence-electron chi connectivity index (χ4n) is 11.7. The number of piperidine rings is 2. The summed E-state index contributed by atoms with van der Waals surface area (Å²) >= 11 is 0. The molecule has 3 aliphatic heterocycles. The van der Waals surface area contributed by atoms with E-state index in [1.165, 1.54) is 75.3 Å². The van der Waals surface area contributed by atoms with Crippen molar-refractivity contribution in [3.8, 4) is 23.0 Å². The molecule has 3 aromatic rings. The number of carbonyl (C=O) groups is 2. The number of ketones is 1. The summed E-state index contributed by atoms with van der Waals surface area (Å²) in [5.74, 6) is 4.45. The Balaban J connectivity index is 0.000000120. The zero-order valence-corrected chi connectivity index (χ0v) is 32.0. The molecule has 4 aliphatic carbocycles. The summed E-state index contributed by atoms with van der Waals surface area (Å²) in [6.45, 7) is 3.75. The topological polar surface area (TPSA) is 101 Å². The van der Waals surface area contributed by atoms with Crippen LogP contribution in [-0.2, 0) is 33.3 Å². The van der Waals surface area contributed by atoms with Gasteiger partial charge in [-0.05, 0) is 143 Å². The molecule has 2 saturated heterocycles. The number of phenols is 1. The van der Waals surface area contributed by atoms with E-state index in [1.54, 1.807) is 37.5 Å². The molecule has 0 unspecified atom stereocenters. The van der Waals surface area contributed by atoms with Crippen LogP contribution < -0.4 is 19.5 Å². The van der Waals surface area contributed by atoms with E-state index >= 15 is 0 Å². The first-order valence-electron chi connectivity index (χ1n) is 19.6. The van der Waals surface area contributed by atoms with Crippen LogP contribution in [0.4, 0.5) is 5.69 Å². The third-order valence-corrected chi connectivity index (χ3v) is 14.1. The number of anilines is 1. The third kappa shape index (κ3) is 5.90. The van der Waals surface area contributed by atoms with Gasteiger partial charge in [-0.2, -0.15) is 0 Å². The molecule has 4 bridgehead atoms. The van der Waals surface area contributed by atoms with Crippen molar-refractivity contribution in [2.24, 2.45) is 11.8 Å². The zero-order valence-electron chi connectivity index (χ0n) is 32.0. The summed E-state index contributed by atoms with van der Waals surface area (Å²) < 4.78 is 17.3. The zero-order chi connectivity index (χ0) is 37.1. The van der Waals surface area contributed by atoms with Crippen molar-refractivity contribution in [3.05, 3.63) is 76.9 Å². The molecule has 282 valence electrons. The van der Waals surface area contributed by atoms with Crippen LogP contribution in [-0.4, -0.2) is 86.2 Å². The molecule has 1 spiro atoms. The van der Waals surface area contributed by atoms with Crippen molar-refractivity contribution in [2.45, 2.75) is 100 Å². The number of phenolic OH excluding ortho intramolecular Hbond substituents is 1. The monoisotopic (exact) mass is 721 g/mol. The number of likely N-dealkylation sites (N-methyl/N-ethyl adjacent to an activating group) is 2. The number of benzene rings is 3. The largest absolute Gasteiger partial charge is 0.508 e. The first-order valence-corrected chi connectivity index (χ1v) is 19.6. The van der Waals surface area contributed by atoms with Crippen LogP contribution in [0.15, 0.2) is 54.6 Å². The lowest BCUT2D eigenvalue weighted by Gasteiger charge is -2.58. The van der Waals surface area contributed by atoms with Gasteiger partial charge >= 0.3 is 0 Å². The number of Topliss-reactive ketones (excluding diaryl/α,β-unsaturated/α-hetero) is 1. The second-order valence-corrected chi connectivity index (χ2v) is 16.5. The lowest BCUT2D eigenvalue weighted by Crippen LogP contribution is -2.65. The minimum atomic E-state index is -0.284. The maximum Gasteiger partial charge on any atom is 0.221 e. The average Bonchev–Trinajstić information content (AvgIpc) is 3.52. The van der Waals surface area contributed by atoms with E-state index in [9.17, 15) is 9.59 Å². The molecule has 2 saturated carbocycles. The van der Waals surface area contributed by atoms with Gasteiger partial charge in [0, 0.05) is 47.5 Å². The van der Waals surface area contributed by atoms with E-state index < -0.39 is 0 Å². The smallest absolute Gasteiger partial charge is 0.221 e. The van der Waals surface area contributed by atoms with Crippen molar-refractivity contribution in [3.63, 3.8) is 0 Å². The molecule has 7 aliphatic rings. The Hall–Kier alpha value is -4.08. The molecule has 4 fully saturated rings. The molecular formula is C44H55N3O6. The molecule has 1 amide bonds. The second kappa shape index (κ2) is 14.0. The Morgan fingerprint density at radius 2 is 1.58 bits per heavy atom. The van der Waals surface area contributed by atoms with Gasteiger partial charge in [0.2, 0.25) is 5.91 Å². The summed E-state index contributed by atoms with van der Waals surface area (Å²) in [6, 6.07) is 18.6. The SMILES string of the molecule is CC(=O)Nc1ccc(O)cc1.COc1ccc2c(c1)[C@@]13CCCC[C@@H]1[C@@H](C2)N(C)CC3.COc1ccc2c3c1O[C@H]1C(=O)CC[C@H]4[C@@H](C2)N(C)CC[C@]314. The first-order chi connectivity index (χ1) is 25.6. The molecular weight excluding hydrogens is 666 g/mol. The number of fused-ring (bicyclic) bond motifs is 1. The number of nitrogens with zero attached hydrogens (tertiary/aromatic N) is 2. The average molecular weight is 722 g/mol. The molecule has 2 N–H and O–H groups in total. The number of nitrogens with one attached hydrogen (secondary N) is 1. The van der Waals surface area contributed by atoms with E-state index in [1.807, 2.05) is 6.07 Å². The Labute approximate surface area is 314 Å². The number of methoxy groups -OCH3 is 2. The predicted molar refractivity (Wildman–Crippen MR) is 205 cm³/mol. The van der Waals surface area contributed by atoms with E-state index in [-0.39, 0.29) is 29.0 Å². The quantitative estimate of drug-likeness (QED) is 0.290. The number of ether oxygens (including phenoxy) is 3. The van der Waals surface area contributed by atoms with Crippen LogP contribution in [0.2, 0.25) is 0 Å². The lowest BCUT2D eigenvalue weighted by atomic mass is 9.52. The van der Waals surface area contributed by atoms with E-state index in [0.717, 1.165) is 55.0 Å². The highest BCUT2D eigenvalue weighted by Gasteiger charge is 2.65. The molecule has 9 nitrogen and oxygen atoms in total. The fourth-order valence-corrected chi connectivity index (χ4v) is 11.7. The van der Waals surface area contributed by atoms with Gasteiger partial charge in [-0.25, -0.2) is 0 Å². The van der Waals surface area contributed by atoms with E-state index in [0.29, 0.717) is 29.5 Å². The molecule has 53 heavy (non-hydrogen) atoms. The minimum Gasteiger partial charge on any atom is -0.508 e. The van der Waals surface area contributed by atoms with Crippen LogP contribution in [0.25, 0.3) is 0 Å². The maximum atomic E-state index is 12.6. The van der Waals surface area contributed by atoms with Crippen molar-refractivity contribution in [2.75, 3.05) is 46.7 Å². The van der Waals surface area contributed by atoms with Gasteiger partial charge in [-0.3, -0.25) is 9.59 Å². The summed E-state index contributed by atoms with van der Waals surface area (Å²) in [6.07, 6.45) is 11.7. The second-order valence-electron chi connectivity index (χ2n) is 16.5. The van der Waals surface area contributed by atoms with Crippen LogP contribution in [0.3, 0.4) is 0 Å². The number of hydrogen-bond donors (Lipinski definition) is 2. The summed E-state index contributed by atoms with van der Waals surface area (Å²) in [4.78, 5) is 28.3. The summed E-state index contributed by atoms with van der Waals surface area (Å²) in [7, 11) is 8.03. The number of likely N-dealkylation sites (tertiary alicyclic amines) is 2. The third-order valence-electron chi connectivity index (χ3n) is 14.1. The highest BCUT2D eigenvalue weighted by molar-refractivity contribution is 5.89. The number of aromatic hydroxyl groups is 1. The highest BCUT2D eigenvalue weighted by Crippen LogP contribution is 2.63. The van der Waals surface area contributed by atoms with Crippen LogP contribution in [0.1, 0.15) is 80.5 Å². The fraction of sp³-hybridized carbons (Fsp3) is 0.545. The van der Waals surface area contributed by atoms with Gasteiger partial charge < -0.3 is 34.4 Å². The summed E-state index contributed by atoms with van der Waals surface area (Å²) in [5.41, 5.74) is 6.93. The minimum absolute atomic E-state index is 0.0933. The number of hydrogen-bond acceptors (Lipinski definition) is 8. The highest BCUT2D eigenvalue weighted by atomic mass is 16.5. The van der Waals surface area contributed by atoms with Gasteiger partial charge in [-0.1, -0.05) is 25.0 Å². The number of carbonyl (C=O) groups excluding carboxylic acids is 2. The van der Waals surface area contributed by atoms with Crippen LogP contribution >= 0.6 is 0 Å². The normalized spacial score (nSPS) is 31.5. The number of amides is 1. The molecule has 9 heteroatoms. The van der Waals surface area contributed by atoms with Crippen molar-refractivity contribution >= 4 is 17.4 Å². The molecule has 0 aromatic heterocycles. The van der Waals surface area contributed by atoms with E-state index in [2.05, 4.69) is 53.5 Å². The van der Waals surface area contributed by atoms with Gasteiger partial charge in [0.15, 0.2) is 23.4 Å². The first kappa shape index (κ1) is 35.9. The molecule has 7 atom stereocenters. The molecule has 10 rings (SSSR count). The molecule has 3 aromatic carbocycles. The van der Waals surface area contributed by atoms with Crippen LogP contribution in [0, 0.1) is 11.8 Å². The maximum absolute atomic E-state index is 12.6. The van der Waals surface area contributed by atoms with Crippen molar-refractivity contribution in [1.29, 1.82) is 0 Å².